The molecule has 0 aliphatic carbocycles. The maximum absolute atomic E-state index is 13.5. The van der Waals surface area contributed by atoms with Crippen LogP contribution in [0, 0.1) is 0 Å². The van der Waals surface area contributed by atoms with Crippen molar-refractivity contribution in [2.75, 3.05) is 40.4 Å². The second kappa shape index (κ2) is 9.24. The molecule has 1 fully saturated rings. The summed E-state index contributed by atoms with van der Waals surface area (Å²) in [5, 5.41) is 3.02. The second-order valence-electron chi connectivity index (χ2n) is 6.86. The molecule has 158 valence electrons. The first-order valence-electron chi connectivity index (χ1n) is 9.39. The predicted molar refractivity (Wildman–Crippen MR) is 107 cm³/mol. The molecule has 0 spiro atoms. The van der Waals surface area contributed by atoms with Crippen LogP contribution in [0.3, 0.4) is 0 Å². The van der Waals surface area contributed by atoms with Crippen LogP contribution in [0.1, 0.15) is 29.2 Å². The van der Waals surface area contributed by atoms with Crippen molar-refractivity contribution >= 4 is 11.6 Å². The van der Waals surface area contributed by atoms with Crippen molar-refractivity contribution in [2.45, 2.75) is 18.6 Å². The third kappa shape index (κ3) is 4.79. The van der Waals surface area contributed by atoms with Gasteiger partial charge in [0.15, 0.2) is 11.5 Å². The van der Waals surface area contributed by atoms with Crippen LogP contribution in [0.15, 0.2) is 36.4 Å². The normalized spacial score (nSPS) is 16.9. The van der Waals surface area contributed by atoms with Crippen LogP contribution in [-0.4, -0.2) is 45.3 Å². The van der Waals surface area contributed by atoms with Gasteiger partial charge < -0.3 is 14.8 Å². The Kier molecular flexibility index (Phi) is 6.93. The van der Waals surface area contributed by atoms with Gasteiger partial charge in [0.05, 0.1) is 30.8 Å². The molecule has 1 aliphatic heterocycles. The van der Waals surface area contributed by atoms with E-state index in [1.807, 2.05) is 12.1 Å². The fourth-order valence-electron chi connectivity index (χ4n) is 3.77. The Morgan fingerprint density at radius 2 is 1.86 bits per heavy atom. The molecule has 1 heterocycles. The minimum absolute atomic E-state index is 0.310. The molecule has 0 bridgehead atoms. The summed E-state index contributed by atoms with van der Waals surface area (Å²) in [6.45, 7) is 3.05. The maximum Gasteiger partial charge on any atom is 0.417 e. The molecule has 1 aliphatic rings. The summed E-state index contributed by atoms with van der Waals surface area (Å²) in [6, 6.07) is 9.14. The highest BCUT2D eigenvalue weighted by Crippen LogP contribution is 2.43. The minimum Gasteiger partial charge on any atom is -0.493 e. The first kappa shape index (κ1) is 21.7. The molecule has 1 saturated heterocycles. The number of hydrogen-bond donors (Lipinski definition) is 1. The number of hydrogen-bond acceptors (Lipinski definition) is 4. The summed E-state index contributed by atoms with van der Waals surface area (Å²) in [7, 11) is 3.07. The third-order valence-electron chi connectivity index (χ3n) is 5.08. The van der Waals surface area contributed by atoms with Crippen LogP contribution < -0.4 is 14.8 Å². The molecule has 1 atom stereocenters. The van der Waals surface area contributed by atoms with Crippen molar-refractivity contribution in [1.29, 1.82) is 0 Å². The molecule has 0 radical (unpaired) electrons. The Hall–Kier alpha value is -1.96. The van der Waals surface area contributed by atoms with Crippen molar-refractivity contribution in [3.63, 3.8) is 0 Å². The summed E-state index contributed by atoms with van der Waals surface area (Å²) in [6.07, 6.45) is -3.64. The molecule has 0 saturated carbocycles. The smallest absolute Gasteiger partial charge is 0.417 e. The van der Waals surface area contributed by atoms with Crippen molar-refractivity contribution < 1.29 is 22.6 Å². The lowest BCUT2D eigenvalue weighted by atomic mass is 9.94. The van der Waals surface area contributed by atoms with E-state index < -0.39 is 17.8 Å². The van der Waals surface area contributed by atoms with Crippen LogP contribution >= 0.6 is 11.6 Å². The van der Waals surface area contributed by atoms with E-state index in [2.05, 4.69) is 10.2 Å². The van der Waals surface area contributed by atoms with Crippen LogP contribution in [0.4, 0.5) is 13.2 Å². The average Bonchev–Trinajstić information content (AvgIpc) is 2.97. The summed E-state index contributed by atoms with van der Waals surface area (Å²) < 4.78 is 51.6. The van der Waals surface area contributed by atoms with Crippen molar-refractivity contribution in [3.8, 4) is 11.5 Å². The lowest BCUT2D eigenvalue weighted by Gasteiger charge is -2.33. The number of nitrogens with one attached hydrogen (secondary N) is 1. The fourth-order valence-corrected chi connectivity index (χ4v) is 3.99. The van der Waals surface area contributed by atoms with E-state index in [4.69, 9.17) is 21.1 Å². The van der Waals surface area contributed by atoms with Gasteiger partial charge >= 0.3 is 6.18 Å². The van der Waals surface area contributed by atoms with Gasteiger partial charge in [0.25, 0.3) is 0 Å². The van der Waals surface area contributed by atoms with Crippen LogP contribution in [0.2, 0.25) is 5.02 Å². The zero-order chi connectivity index (χ0) is 21.0. The molecule has 4 nitrogen and oxygen atoms in total. The van der Waals surface area contributed by atoms with E-state index in [0.29, 0.717) is 23.6 Å². The molecule has 1 unspecified atom stereocenters. The standard InChI is InChI=1S/C21H24ClF3N2O2/c1-28-18-6-3-5-15(20(18)29-2)19(27-11-4-9-26-10-12-27)14-7-8-17(22)16(13-14)21(23,24)25/h3,5-8,13,19,26H,4,9-12H2,1-2H3. The number of nitrogens with zero attached hydrogens (tertiary/aromatic N) is 1. The van der Waals surface area contributed by atoms with E-state index in [9.17, 15) is 13.2 Å². The monoisotopic (exact) mass is 428 g/mol. The van der Waals surface area contributed by atoms with Gasteiger partial charge in [0.2, 0.25) is 0 Å². The van der Waals surface area contributed by atoms with E-state index in [1.54, 1.807) is 12.1 Å². The van der Waals surface area contributed by atoms with Gasteiger partial charge in [-0.25, -0.2) is 0 Å². The van der Waals surface area contributed by atoms with Crippen molar-refractivity contribution in [1.82, 2.24) is 10.2 Å². The summed E-state index contributed by atoms with van der Waals surface area (Å²) in [5.74, 6) is 1.05. The average molecular weight is 429 g/mol. The van der Waals surface area contributed by atoms with Gasteiger partial charge in [0, 0.05) is 25.2 Å². The van der Waals surface area contributed by atoms with E-state index in [1.165, 1.54) is 20.3 Å². The van der Waals surface area contributed by atoms with Crippen LogP contribution in [-0.2, 0) is 6.18 Å². The van der Waals surface area contributed by atoms with E-state index >= 15 is 0 Å². The Labute approximate surface area is 173 Å². The summed E-state index contributed by atoms with van der Waals surface area (Å²) >= 11 is 5.86. The van der Waals surface area contributed by atoms with Gasteiger partial charge in [-0.15, -0.1) is 0 Å². The number of para-hydroxylation sites is 1. The largest absolute Gasteiger partial charge is 0.493 e. The van der Waals surface area contributed by atoms with Crippen LogP contribution in [0.5, 0.6) is 11.5 Å². The zero-order valence-electron chi connectivity index (χ0n) is 16.4. The van der Waals surface area contributed by atoms with Gasteiger partial charge in [-0.3, -0.25) is 4.90 Å². The Bertz CT molecular complexity index is 837. The molecule has 0 aromatic heterocycles. The number of methoxy groups -OCH3 is 2. The highest BCUT2D eigenvalue weighted by atomic mass is 35.5. The first-order chi connectivity index (χ1) is 13.9. The molecule has 0 amide bonds. The Balaban J connectivity index is 2.18. The third-order valence-corrected chi connectivity index (χ3v) is 5.41. The number of rotatable bonds is 5. The number of halogens is 4. The number of alkyl halides is 3. The molecule has 8 heteroatoms. The highest BCUT2D eigenvalue weighted by Gasteiger charge is 2.35. The van der Waals surface area contributed by atoms with Gasteiger partial charge in [-0.05, 0) is 36.7 Å². The second-order valence-corrected chi connectivity index (χ2v) is 7.27. The molecule has 3 rings (SSSR count). The quantitative estimate of drug-likeness (QED) is 0.744. The summed E-state index contributed by atoms with van der Waals surface area (Å²) in [5.41, 5.74) is 0.427. The topological polar surface area (TPSA) is 33.7 Å². The van der Waals surface area contributed by atoms with Gasteiger partial charge in [-0.1, -0.05) is 29.8 Å². The number of benzene rings is 2. The number of ether oxygens (including phenoxy) is 2. The Morgan fingerprint density at radius 1 is 1.07 bits per heavy atom. The van der Waals surface area contributed by atoms with Crippen molar-refractivity contribution in [3.05, 3.63) is 58.1 Å². The molecule has 2 aromatic rings. The van der Waals surface area contributed by atoms with E-state index in [0.717, 1.165) is 37.7 Å². The molecule has 2 aromatic carbocycles. The molecule has 29 heavy (non-hydrogen) atoms. The molecular formula is C21H24ClF3N2O2. The van der Waals surface area contributed by atoms with Gasteiger partial charge in [-0.2, -0.15) is 13.2 Å². The zero-order valence-corrected chi connectivity index (χ0v) is 17.1. The lowest BCUT2D eigenvalue weighted by molar-refractivity contribution is -0.137. The van der Waals surface area contributed by atoms with E-state index in [-0.39, 0.29) is 5.02 Å². The van der Waals surface area contributed by atoms with Crippen molar-refractivity contribution in [2.24, 2.45) is 0 Å². The fraction of sp³-hybridized carbons (Fsp3) is 0.429. The molecular weight excluding hydrogens is 405 g/mol. The van der Waals surface area contributed by atoms with Gasteiger partial charge in [0.1, 0.15) is 0 Å². The molecule has 1 N–H and O–H groups in total. The predicted octanol–water partition coefficient (Wildman–Crippen LogP) is 4.76. The lowest BCUT2D eigenvalue weighted by Crippen LogP contribution is -2.33. The highest BCUT2D eigenvalue weighted by molar-refractivity contribution is 6.31. The first-order valence-corrected chi connectivity index (χ1v) is 9.77. The SMILES string of the molecule is COc1cccc(C(c2ccc(Cl)c(C(F)(F)F)c2)N2CCCNCC2)c1OC. The Morgan fingerprint density at radius 3 is 2.55 bits per heavy atom. The van der Waals surface area contributed by atoms with Crippen LogP contribution in [0.25, 0.3) is 0 Å². The minimum atomic E-state index is -4.53. The summed E-state index contributed by atoms with van der Waals surface area (Å²) in [4.78, 5) is 2.17. The maximum atomic E-state index is 13.5.